The first-order valence-corrected chi connectivity index (χ1v) is 7.24. The Morgan fingerprint density at radius 2 is 1.73 bits per heavy atom. The van der Waals surface area contributed by atoms with Gasteiger partial charge in [-0.05, 0) is 57.0 Å². The molecule has 0 bridgehead atoms. The van der Waals surface area contributed by atoms with E-state index >= 15 is 0 Å². The van der Waals surface area contributed by atoms with Crippen LogP contribution in [0.3, 0.4) is 0 Å². The molecular weight excluding hydrogens is 278 g/mol. The molecule has 0 unspecified atom stereocenters. The number of aromatic nitrogens is 1. The molecule has 0 aliphatic heterocycles. The first-order valence-electron chi connectivity index (χ1n) is 7.24. The van der Waals surface area contributed by atoms with Crippen LogP contribution in [0, 0.1) is 27.7 Å². The van der Waals surface area contributed by atoms with Crippen molar-refractivity contribution in [1.82, 2.24) is 4.57 Å². The van der Waals surface area contributed by atoms with Crippen molar-refractivity contribution in [3.05, 3.63) is 52.3 Å². The Bertz CT molecular complexity index is 741. The molecule has 0 aliphatic carbocycles. The maximum absolute atomic E-state index is 12.2. The molecule has 116 valence electrons. The van der Waals surface area contributed by atoms with Gasteiger partial charge in [-0.3, -0.25) is 9.59 Å². The number of carbonyl (C=O) groups excluding carboxylic acids is 2. The molecule has 0 saturated heterocycles. The van der Waals surface area contributed by atoms with Gasteiger partial charge in [-0.2, -0.15) is 0 Å². The number of hydrogen-bond acceptors (Lipinski definition) is 3. The Balaban J connectivity index is 2.40. The van der Waals surface area contributed by atoms with Crippen LogP contribution in [0.25, 0.3) is 5.69 Å². The topological polar surface area (TPSA) is 48.3 Å². The molecule has 0 saturated carbocycles. The first-order chi connectivity index (χ1) is 10.3. The van der Waals surface area contributed by atoms with Gasteiger partial charge in [0.15, 0.2) is 6.61 Å². The molecule has 1 aromatic carbocycles. The lowest BCUT2D eigenvalue weighted by atomic mass is 10.1. The van der Waals surface area contributed by atoms with E-state index in [1.54, 1.807) is 0 Å². The number of carbonyl (C=O) groups is 2. The van der Waals surface area contributed by atoms with Crippen molar-refractivity contribution in [2.75, 3.05) is 6.61 Å². The largest absolute Gasteiger partial charge is 0.457 e. The summed E-state index contributed by atoms with van der Waals surface area (Å²) in [6.45, 7) is 9.09. The highest BCUT2D eigenvalue weighted by Gasteiger charge is 2.17. The summed E-state index contributed by atoms with van der Waals surface area (Å²) in [5.41, 5.74) is 5.90. The van der Waals surface area contributed by atoms with E-state index in [0.29, 0.717) is 5.56 Å². The number of esters is 1. The number of benzene rings is 1. The SMILES string of the molecule is CC(=O)OCC(=O)c1cc(C)n(-c2ccc(C)c(C)c2)c1C. The Morgan fingerprint density at radius 1 is 1.05 bits per heavy atom. The zero-order valence-electron chi connectivity index (χ0n) is 13.7. The fraction of sp³-hybridized carbons (Fsp3) is 0.333. The molecule has 0 atom stereocenters. The Hall–Kier alpha value is -2.36. The van der Waals surface area contributed by atoms with Gasteiger partial charge < -0.3 is 9.30 Å². The second-order valence-corrected chi connectivity index (χ2v) is 5.59. The van der Waals surface area contributed by atoms with E-state index in [4.69, 9.17) is 4.74 Å². The molecule has 1 heterocycles. The molecule has 0 amide bonds. The minimum atomic E-state index is -0.448. The highest BCUT2D eigenvalue weighted by Crippen LogP contribution is 2.23. The number of aryl methyl sites for hydroxylation is 3. The zero-order chi connectivity index (χ0) is 16.4. The third kappa shape index (κ3) is 3.11. The molecule has 2 rings (SSSR count). The van der Waals surface area contributed by atoms with Crippen LogP contribution in [0.4, 0.5) is 0 Å². The Morgan fingerprint density at radius 3 is 2.32 bits per heavy atom. The van der Waals surface area contributed by atoms with E-state index in [0.717, 1.165) is 17.1 Å². The molecule has 4 heteroatoms. The quantitative estimate of drug-likeness (QED) is 0.641. The molecule has 2 aromatic rings. The van der Waals surface area contributed by atoms with Crippen LogP contribution in [0.15, 0.2) is 24.3 Å². The van der Waals surface area contributed by atoms with E-state index in [-0.39, 0.29) is 12.4 Å². The van der Waals surface area contributed by atoms with Crippen molar-refractivity contribution in [1.29, 1.82) is 0 Å². The minimum Gasteiger partial charge on any atom is -0.457 e. The summed E-state index contributed by atoms with van der Waals surface area (Å²) < 4.78 is 6.85. The van der Waals surface area contributed by atoms with Crippen LogP contribution in [0.2, 0.25) is 0 Å². The predicted octanol–water partition coefficient (Wildman–Crippen LogP) is 3.46. The molecule has 22 heavy (non-hydrogen) atoms. The highest BCUT2D eigenvalue weighted by atomic mass is 16.5. The molecule has 0 N–H and O–H groups in total. The maximum atomic E-state index is 12.2. The van der Waals surface area contributed by atoms with Gasteiger partial charge in [-0.25, -0.2) is 0 Å². The first kappa shape index (κ1) is 16.0. The van der Waals surface area contributed by atoms with Gasteiger partial charge >= 0.3 is 5.97 Å². The summed E-state index contributed by atoms with van der Waals surface area (Å²) in [5.74, 6) is -0.630. The lowest BCUT2D eigenvalue weighted by Gasteiger charge is -2.12. The number of ether oxygens (including phenoxy) is 1. The van der Waals surface area contributed by atoms with Crippen molar-refractivity contribution in [2.24, 2.45) is 0 Å². The third-order valence-electron chi connectivity index (χ3n) is 3.89. The normalized spacial score (nSPS) is 10.6. The lowest BCUT2D eigenvalue weighted by molar-refractivity contribution is -0.139. The van der Waals surface area contributed by atoms with Gasteiger partial charge in [0.05, 0.1) is 0 Å². The van der Waals surface area contributed by atoms with Crippen molar-refractivity contribution < 1.29 is 14.3 Å². The van der Waals surface area contributed by atoms with E-state index in [2.05, 4.69) is 26.0 Å². The monoisotopic (exact) mass is 299 g/mol. The van der Waals surface area contributed by atoms with Crippen molar-refractivity contribution in [3.63, 3.8) is 0 Å². The second kappa shape index (κ2) is 6.18. The van der Waals surface area contributed by atoms with Gasteiger partial charge in [0.2, 0.25) is 5.78 Å². The van der Waals surface area contributed by atoms with Crippen LogP contribution in [-0.4, -0.2) is 22.9 Å². The van der Waals surface area contributed by atoms with E-state index < -0.39 is 5.97 Å². The standard InChI is InChI=1S/C18H21NO3/c1-11-6-7-16(8-12(11)2)19-13(3)9-17(14(19)4)18(21)10-22-15(5)20/h6-9H,10H2,1-5H3. The third-order valence-corrected chi connectivity index (χ3v) is 3.89. The zero-order valence-corrected chi connectivity index (χ0v) is 13.7. The molecule has 4 nitrogen and oxygen atoms in total. The molecule has 0 radical (unpaired) electrons. The molecule has 0 aliphatic rings. The Labute approximate surface area is 130 Å². The van der Waals surface area contributed by atoms with Gasteiger partial charge in [-0.15, -0.1) is 0 Å². The smallest absolute Gasteiger partial charge is 0.303 e. The summed E-state index contributed by atoms with van der Waals surface area (Å²) in [7, 11) is 0. The van der Waals surface area contributed by atoms with E-state index in [1.165, 1.54) is 18.1 Å². The number of nitrogens with zero attached hydrogens (tertiary/aromatic N) is 1. The summed E-state index contributed by atoms with van der Waals surface area (Å²) >= 11 is 0. The van der Waals surface area contributed by atoms with Crippen LogP contribution >= 0.6 is 0 Å². The Kier molecular flexibility index (Phi) is 4.50. The van der Waals surface area contributed by atoms with Crippen molar-refractivity contribution in [2.45, 2.75) is 34.6 Å². The summed E-state index contributed by atoms with van der Waals surface area (Å²) in [5, 5.41) is 0. The van der Waals surface area contributed by atoms with Crippen LogP contribution in [-0.2, 0) is 9.53 Å². The lowest BCUT2D eigenvalue weighted by Crippen LogP contribution is -2.12. The molecular formula is C18H21NO3. The van der Waals surface area contributed by atoms with Crippen LogP contribution in [0.5, 0.6) is 0 Å². The molecule has 1 aromatic heterocycles. The van der Waals surface area contributed by atoms with Crippen LogP contribution in [0.1, 0.15) is 39.8 Å². The number of rotatable bonds is 4. The maximum Gasteiger partial charge on any atom is 0.303 e. The van der Waals surface area contributed by atoms with E-state index in [9.17, 15) is 9.59 Å². The average Bonchev–Trinajstić information content (AvgIpc) is 2.75. The second-order valence-electron chi connectivity index (χ2n) is 5.59. The summed E-state index contributed by atoms with van der Waals surface area (Å²) in [6, 6.07) is 8.07. The van der Waals surface area contributed by atoms with Crippen molar-refractivity contribution >= 4 is 11.8 Å². The van der Waals surface area contributed by atoms with Gasteiger partial charge in [-0.1, -0.05) is 6.07 Å². The minimum absolute atomic E-state index is 0.182. The van der Waals surface area contributed by atoms with Gasteiger partial charge in [0.1, 0.15) is 0 Å². The van der Waals surface area contributed by atoms with Gasteiger partial charge in [0.25, 0.3) is 0 Å². The molecule has 0 fully saturated rings. The number of hydrogen-bond donors (Lipinski definition) is 0. The number of Topliss-reactive ketones (excluding diaryl/α,β-unsaturated/α-hetero) is 1. The average molecular weight is 299 g/mol. The predicted molar refractivity (Wildman–Crippen MR) is 85.7 cm³/mol. The summed E-state index contributed by atoms with van der Waals surface area (Å²) in [6.07, 6.45) is 0. The highest BCUT2D eigenvalue weighted by molar-refractivity contribution is 5.99. The summed E-state index contributed by atoms with van der Waals surface area (Å²) in [4.78, 5) is 23.0. The fourth-order valence-electron chi connectivity index (χ4n) is 2.55. The number of ketones is 1. The van der Waals surface area contributed by atoms with E-state index in [1.807, 2.05) is 30.5 Å². The van der Waals surface area contributed by atoms with Gasteiger partial charge in [0, 0.05) is 29.6 Å². The fourth-order valence-corrected chi connectivity index (χ4v) is 2.55. The van der Waals surface area contributed by atoms with Crippen LogP contribution < -0.4 is 0 Å². The molecule has 0 spiro atoms. The van der Waals surface area contributed by atoms with Crippen molar-refractivity contribution in [3.8, 4) is 5.69 Å².